The lowest BCUT2D eigenvalue weighted by atomic mass is 9.74. The first kappa shape index (κ1) is 20.2. The highest BCUT2D eigenvalue weighted by molar-refractivity contribution is 6.31. The average Bonchev–Trinajstić information content (AvgIpc) is 2.81. The third-order valence-corrected chi connectivity index (χ3v) is 5.95. The van der Waals surface area contributed by atoms with Crippen molar-refractivity contribution in [3.8, 4) is 0 Å². The van der Waals surface area contributed by atoms with Crippen molar-refractivity contribution in [1.29, 1.82) is 0 Å². The second-order valence-electron chi connectivity index (χ2n) is 9.55. The van der Waals surface area contributed by atoms with Crippen molar-refractivity contribution in [2.75, 3.05) is 13.1 Å². The number of amides is 1. The van der Waals surface area contributed by atoms with Crippen molar-refractivity contribution in [2.24, 2.45) is 5.73 Å². The Morgan fingerprint density at radius 1 is 1.19 bits per heavy atom. The summed E-state index contributed by atoms with van der Waals surface area (Å²) < 4.78 is 5.54. The Labute approximate surface area is 167 Å². The number of ether oxygens (including phenoxy) is 1. The first-order valence-corrected chi connectivity index (χ1v) is 10.0. The average molecular weight is 391 g/mol. The Morgan fingerprint density at radius 2 is 1.78 bits per heavy atom. The number of allylic oxidation sites excluding steroid dienone is 1. The van der Waals surface area contributed by atoms with Gasteiger partial charge in [0.15, 0.2) is 0 Å². The van der Waals surface area contributed by atoms with E-state index in [2.05, 4.69) is 18.2 Å². The number of hydrogen-bond acceptors (Lipinski definition) is 3. The SMILES string of the molecule is Cc1cc2c(cc1Cl)C1(C=C2C(C)(C)N)CCN(C(=O)OC(C)(C)C)CC1. The molecule has 3 rings (SSSR count). The number of nitrogens with two attached hydrogens (primary N) is 1. The van der Waals surface area contributed by atoms with Crippen molar-refractivity contribution in [3.63, 3.8) is 0 Å². The van der Waals surface area contributed by atoms with Crippen LogP contribution in [0.3, 0.4) is 0 Å². The van der Waals surface area contributed by atoms with Crippen LogP contribution in [-0.4, -0.2) is 35.2 Å². The molecule has 0 aromatic heterocycles. The molecule has 0 unspecified atom stereocenters. The number of benzene rings is 1. The van der Waals surface area contributed by atoms with Gasteiger partial charge in [0.05, 0.1) is 0 Å². The zero-order valence-corrected chi connectivity index (χ0v) is 18.0. The number of aryl methyl sites for hydroxylation is 1. The molecule has 5 heteroatoms. The molecule has 0 bridgehead atoms. The van der Waals surface area contributed by atoms with Gasteiger partial charge in [-0.05, 0) is 88.8 Å². The van der Waals surface area contributed by atoms with Gasteiger partial charge >= 0.3 is 6.09 Å². The van der Waals surface area contributed by atoms with E-state index in [0.29, 0.717) is 13.1 Å². The zero-order chi connectivity index (χ0) is 20.2. The fourth-order valence-corrected chi connectivity index (χ4v) is 4.27. The number of carbonyl (C=O) groups excluding carboxylic acids is 1. The largest absolute Gasteiger partial charge is 0.444 e. The predicted octanol–water partition coefficient (Wildman–Crippen LogP) is 5.05. The Hall–Kier alpha value is -1.52. The minimum Gasteiger partial charge on any atom is -0.444 e. The van der Waals surface area contributed by atoms with Crippen LogP contribution in [0.4, 0.5) is 4.79 Å². The maximum absolute atomic E-state index is 12.4. The lowest BCUT2D eigenvalue weighted by Crippen LogP contribution is -2.45. The quantitative estimate of drug-likeness (QED) is 0.729. The van der Waals surface area contributed by atoms with Crippen LogP contribution in [0.25, 0.3) is 5.57 Å². The van der Waals surface area contributed by atoms with E-state index in [9.17, 15) is 4.79 Å². The molecule has 1 aromatic rings. The number of nitrogens with zero attached hydrogens (tertiary/aromatic N) is 1. The van der Waals surface area contributed by atoms with Crippen LogP contribution in [0.1, 0.15) is 64.2 Å². The normalized spacial score (nSPS) is 19.1. The van der Waals surface area contributed by atoms with Gasteiger partial charge < -0.3 is 15.4 Å². The number of carbonyl (C=O) groups is 1. The summed E-state index contributed by atoms with van der Waals surface area (Å²) in [4.78, 5) is 14.2. The van der Waals surface area contributed by atoms with Crippen molar-refractivity contribution in [2.45, 2.75) is 70.9 Å². The smallest absolute Gasteiger partial charge is 0.410 e. The fraction of sp³-hybridized carbons (Fsp3) is 0.591. The first-order valence-electron chi connectivity index (χ1n) is 9.64. The van der Waals surface area contributed by atoms with Gasteiger partial charge in [0.25, 0.3) is 0 Å². The van der Waals surface area contributed by atoms with Crippen molar-refractivity contribution < 1.29 is 9.53 Å². The third-order valence-electron chi connectivity index (χ3n) is 5.55. The summed E-state index contributed by atoms with van der Waals surface area (Å²) in [7, 11) is 0. The summed E-state index contributed by atoms with van der Waals surface area (Å²) in [5.41, 5.74) is 10.2. The summed E-state index contributed by atoms with van der Waals surface area (Å²) in [6.45, 7) is 13.1. The van der Waals surface area contributed by atoms with Gasteiger partial charge in [-0.3, -0.25) is 0 Å². The van der Waals surface area contributed by atoms with Crippen LogP contribution in [-0.2, 0) is 10.2 Å². The summed E-state index contributed by atoms with van der Waals surface area (Å²) in [5, 5.41) is 0.784. The molecule has 1 spiro atoms. The second kappa shape index (κ2) is 6.52. The molecule has 1 aromatic carbocycles. The highest BCUT2D eigenvalue weighted by atomic mass is 35.5. The van der Waals surface area contributed by atoms with Crippen LogP contribution in [0, 0.1) is 6.92 Å². The van der Waals surface area contributed by atoms with E-state index in [0.717, 1.165) is 23.4 Å². The maximum Gasteiger partial charge on any atom is 0.410 e. The molecule has 0 atom stereocenters. The third kappa shape index (κ3) is 3.88. The standard InChI is InChI=1S/C22H31ClN2O2/c1-14-11-15-16(12-18(14)23)22(13-17(15)21(5,6)24)7-9-25(10-8-22)19(26)27-20(2,3)4/h11-13H,7-10,24H2,1-6H3. The van der Waals surface area contributed by atoms with Crippen molar-refractivity contribution in [3.05, 3.63) is 39.9 Å². The number of fused-ring (bicyclic) bond motifs is 2. The highest BCUT2D eigenvalue weighted by Gasteiger charge is 2.44. The first-order chi connectivity index (χ1) is 12.3. The van der Waals surface area contributed by atoms with E-state index < -0.39 is 11.1 Å². The van der Waals surface area contributed by atoms with E-state index in [-0.39, 0.29) is 11.5 Å². The molecule has 0 radical (unpaired) electrons. The zero-order valence-electron chi connectivity index (χ0n) is 17.3. The minimum atomic E-state index is -0.478. The van der Waals surface area contributed by atoms with Crippen molar-refractivity contribution >= 4 is 23.3 Å². The molecule has 148 valence electrons. The number of rotatable bonds is 1. The van der Waals surface area contributed by atoms with Crippen LogP contribution < -0.4 is 5.73 Å². The van der Waals surface area contributed by atoms with Gasteiger partial charge in [-0.1, -0.05) is 17.7 Å². The highest BCUT2D eigenvalue weighted by Crippen LogP contribution is 2.50. The summed E-state index contributed by atoms with van der Waals surface area (Å²) in [6.07, 6.45) is 3.79. The molecule has 1 aliphatic heterocycles. The van der Waals surface area contributed by atoms with Gasteiger partial charge in [0, 0.05) is 29.1 Å². The summed E-state index contributed by atoms with van der Waals surface area (Å²) in [6, 6.07) is 4.26. The topological polar surface area (TPSA) is 55.6 Å². The van der Waals surface area contributed by atoms with E-state index in [1.165, 1.54) is 16.7 Å². The fourth-order valence-electron chi connectivity index (χ4n) is 4.11. The Bertz CT molecular complexity index is 792. The molecule has 0 saturated carbocycles. The maximum atomic E-state index is 12.4. The molecule has 1 saturated heterocycles. The molecular formula is C22H31ClN2O2. The number of hydrogen-bond donors (Lipinski definition) is 1. The summed E-state index contributed by atoms with van der Waals surface area (Å²) in [5.74, 6) is 0. The lowest BCUT2D eigenvalue weighted by molar-refractivity contribution is 0.0184. The van der Waals surface area contributed by atoms with E-state index >= 15 is 0 Å². The number of halogens is 1. The van der Waals surface area contributed by atoms with Crippen LogP contribution >= 0.6 is 11.6 Å². The number of piperidine rings is 1. The molecule has 1 amide bonds. The molecule has 1 fully saturated rings. The van der Waals surface area contributed by atoms with Gasteiger partial charge in [-0.15, -0.1) is 0 Å². The van der Waals surface area contributed by atoms with E-state index in [1.54, 1.807) is 0 Å². The Kier molecular flexibility index (Phi) is 4.89. The van der Waals surface area contributed by atoms with Gasteiger partial charge in [-0.25, -0.2) is 4.79 Å². The molecule has 2 N–H and O–H groups in total. The van der Waals surface area contributed by atoms with Crippen LogP contribution in [0.5, 0.6) is 0 Å². The van der Waals surface area contributed by atoms with Crippen LogP contribution in [0.2, 0.25) is 5.02 Å². The molecule has 2 aliphatic rings. The second-order valence-corrected chi connectivity index (χ2v) is 9.96. The van der Waals surface area contributed by atoms with Crippen molar-refractivity contribution in [1.82, 2.24) is 4.90 Å². The van der Waals surface area contributed by atoms with E-state index in [4.69, 9.17) is 22.1 Å². The summed E-state index contributed by atoms with van der Waals surface area (Å²) >= 11 is 6.47. The van der Waals surface area contributed by atoms with Gasteiger partial charge in [0.1, 0.15) is 5.60 Å². The molecule has 4 nitrogen and oxygen atoms in total. The molecule has 27 heavy (non-hydrogen) atoms. The lowest BCUT2D eigenvalue weighted by Gasteiger charge is -2.39. The van der Waals surface area contributed by atoms with E-state index in [1.807, 2.05) is 46.4 Å². The minimum absolute atomic E-state index is 0.114. The van der Waals surface area contributed by atoms with Gasteiger partial charge in [0.2, 0.25) is 0 Å². The molecular weight excluding hydrogens is 360 g/mol. The van der Waals surface area contributed by atoms with Gasteiger partial charge in [-0.2, -0.15) is 0 Å². The Balaban J connectivity index is 1.91. The van der Waals surface area contributed by atoms with Crippen LogP contribution in [0.15, 0.2) is 18.2 Å². The molecule has 1 aliphatic carbocycles. The Morgan fingerprint density at radius 3 is 2.30 bits per heavy atom. The number of likely N-dealkylation sites (tertiary alicyclic amines) is 1. The predicted molar refractivity (Wildman–Crippen MR) is 111 cm³/mol. The molecule has 1 heterocycles. The monoisotopic (exact) mass is 390 g/mol.